The molecule has 0 aliphatic carbocycles. The smallest absolute Gasteiger partial charge is 0.316 e. The van der Waals surface area contributed by atoms with Gasteiger partial charge in [0.1, 0.15) is 0 Å². The molecule has 150 valence electrons. The van der Waals surface area contributed by atoms with Crippen molar-refractivity contribution in [2.45, 2.75) is 32.4 Å². The molecule has 1 fully saturated rings. The van der Waals surface area contributed by atoms with Gasteiger partial charge < -0.3 is 15.0 Å². The van der Waals surface area contributed by atoms with Gasteiger partial charge in [-0.2, -0.15) is 0 Å². The number of amides is 1. The molecule has 3 aliphatic rings. The third kappa shape index (κ3) is 3.51. The summed E-state index contributed by atoms with van der Waals surface area (Å²) in [5.74, 6) is 0.850. The lowest BCUT2D eigenvalue weighted by molar-refractivity contribution is -0.132. The zero-order chi connectivity index (χ0) is 19.8. The minimum Gasteiger partial charge on any atom is -0.467 e. The number of rotatable bonds is 4. The van der Waals surface area contributed by atoms with Crippen LogP contribution in [0.25, 0.3) is 0 Å². The zero-order valence-corrected chi connectivity index (χ0v) is 16.6. The van der Waals surface area contributed by atoms with E-state index < -0.39 is 0 Å². The van der Waals surface area contributed by atoms with Gasteiger partial charge in [-0.1, -0.05) is 6.07 Å². The van der Waals surface area contributed by atoms with Gasteiger partial charge in [0.15, 0.2) is 0 Å². The standard InChI is InChI=1S/C22H25N5O2/c1-29-22-25-10-18(11-26-22)21-19-7-17-13-27(12-14-2-4-23-5-3-14)20(28)8-15(17)6-16(19)9-24-21/h6-7,10-11,14,23H,2-5,8-9,12-13H2,1H3. The van der Waals surface area contributed by atoms with Crippen molar-refractivity contribution >= 4 is 11.6 Å². The number of carbonyl (C=O) groups is 1. The molecule has 3 aliphatic heterocycles. The third-order valence-corrected chi connectivity index (χ3v) is 6.17. The number of benzene rings is 1. The van der Waals surface area contributed by atoms with Gasteiger partial charge in [0.25, 0.3) is 0 Å². The zero-order valence-electron chi connectivity index (χ0n) is 16.6. The highest BCUT2D eigenvalue weighted by Gasteiger charge is 2.29. The number of nitrogens with zero attached hydrogens (tertiary/aromatic N) is 4. The van der Waals surface area contributed by atoms with Crippen molar-refractivity contribution in [1.29, 1.82) is 0 Å². The van der Waals surface area contributed by atoms with E-state index in [2.05, 4.69) is 27.4 Å². The number of aromatic nitrogens is 2. The molecule has 0 saturated carbocycles. The Morgan fingerprint density at radius 1 is 1.14 bits per heavy atom. The van der Waals surface area contributed by atoms with Crippen molar-refractivity contribution in [3.05, 3.63) is 52.3 Å². The summed E-state index contributed by atoms with van der Waals surface area (Å²) < 4.78 is 5.06. The molecule has 1 aromatic heterocycles. The molecule has 7 heteroatoms. The fourth-order valence-corrected chi connectivity index (χ4v) is 4.55. The van der Waals surface area contributed by atoms with Crippen LogP contribution in [0.3, 0.4) is 0 Å². The van der Waals surface area contributed by atoms with Crippen LogP contribution in [0.15, 0.2) is 29.5 Å². The highest BCUT2D eigenvalue weighted by atomic mass is 16.5. The lowest BCUT2D eigenvalue weighted by atomic mass is 9.90. The van der Waals surface area contributed by atoms with Crippen LogP contribution in [0, 0.1) is 5.92 Å². The van der Waals surface area contributed by atoms with Crippen LogP contribution in [0.4, 0.5) is 0 Å². The number of aliphatic imine (C=N–C) groups is 1. The summed E-state index contributed by atoms with van der Waals surface area (Å²) in [5, 5.41) is 3.40. The maximum atomic E-state index is 12.7. The molecule has 0 atom stereocenters. The van der Waals surface area contributed by atoms with Crippen LogP contribution in [0.5, 0.6) is 6.01 Å². The Bertz CT molecular complexity index is 964. The molecule has 1 N–H and O–H groups in total. The van der Waals surface area contributed by atoms with Crippen molar-refractivity contribution < 1.29 is 9.53 Å². The third-order valence-electron chi connectivity index (χ3n) is 6.17. The van der Waals surface area contributed by atoms with E-state index in [0.717, 1.165) is 54.9 Å². The molecule has 2 aromatic rings. The van der Waals surface area contributed by atoms with Gasteiger partial charge in [-0.3, -0.25) is 9.79 Å². The Morgan fingerprint density at radius 2 is 1.93 bits per heavy atom. The van der Waals surface area contributed by atoms with E-state index in [1.807, 2.05) is 4.90 Å². The first-order chi connectivity index (χ1) is 14.2. The first-order valence-corrected chi connectivity index (χ1v) is 10.3. The average molecular weight is 391 g/mol. The van der Waals surface area contributed by atoms with E-state index in [1.165, 1.54) is 11.1 Å². The largest absolute Gasteiger partial charge is 0.467 e. The molecule has 0 unspecified atom stereocenters. The van der Waals surface area contributed by atoms with E-state index in [0.29, 0.717) is 31.4 Å². The monoisotopic (exact) mass is 391 g/mol. The molecule has 0 radical (unpaired) electrons. The highest BCUT2D eigenvalue weighted by molar-refractivity contribution is 6.15. The number of hydrogen-bond acceptors (Lipinski definition) is 6. The number of fused-ring (bicyclic) bond motifs is 2. The lowest BCUT2D eigenvalue weighted by Gasteiger charge is -2.34. The molecular formula is C22H25N5O2. The Hall–Kier alpha value is -2.80. The second-order valence-electron chi connectivity index (χ2n) is 8.05. The van der Waals surface area contributed by atoms with Crippen LogP contribution in [-0.4, -0.2) is 53.2 Å². The van der Waals surface area contributed by atoms with E-state index in [1.54, 1.807) is 19.5 Å². The SMILES string of the molecule is COc1ncc(C2=NCc3cc4c(cc32)CN(CC2CCNCC2)C(=O)C4)cn1. The van der Waals surface area contributed by atoms with Gasteiger partial charge >= 0.3 is 6.01 Å². The quantitative estimate of drug-likeness (QED) is 0.859. The fraction of sp³-hybridized carbons (Fsp3) is 0.455. The van der Waals surface area contributed by atoms with Gasteiger partial charge in [0.2, 0.25) is 5.91 Å². The van der Waals surface area contributed by atoms with Gasteiger partial charge in [-0.25, -0.2) is 9.97 Å². The maximum absolute atomic E-state index is 12.7. The van der Waals surface area contributed by atoms with Crippen LogP contribution in [0.1, 0.15) is 40.7 Å². The Morgan fingerprint density at radius 3 is 2.69 bits per heavy atom. The van der Waals surface area contributed by atoms with Crippen LogP contribution in [0.2, 0.25) is 0 Å². The Labute approximate surface area is 170 Å². The van der Waals surface area contributed by atoms with E-state index in [-0.39, 0.29) is 5.91 Å². The van der Waals surface area contributed by atoms with Crippen molar-refractivity contribution in [1.82, 2.24) is 20.2 Å². The number of ether oxygens (including phenoxy) is 1. The van der Waals surface area contributed by atoms with Gasteiger partial charge in [0.05, 0.1) is 25.8 Å². The minimum atomic E-state index is 0.249. The molecule has 5 rings (SSSR count). The maximum Gasteiger partial charge on any atom is 0.316 e. The Balaban J connectivity index is 1.39. The van der Waals surface area contributed by atoms with Gasteiger partial charge in [-0.15, -0.1) is 0 Å². The summed E-state index contributed by atoms with van der Waals surface area (Å²) in [5.41, 5.74) is 6.51. The van der Waals surface area contributed by atoms with E-state index in [9.17, 15) is 4.79 Å². The summed E-state index contributed by atoms with van der Waals surface area (Å²) in [4.78, 5) is 27.9. The fourth-order valence-electron chi connectivity index (χ4n) is 4.55. The number of piperidine rings is 1. The molecule has 0 spiro atoms. The van der Waals surface area contributed by atoms with Crippen LogP contribution < -0.4 is 10.1 Å². The predicted molar refractivity (Wildman–Crippen MR) is 109 cm³/mol. The molecular weight excluding hydrogens is 366 g/mol. The average Bonchev–Trinajstić information content (AvgIpc) is 3.16. The normalized spacial score (nSPS) is 19.0. The summed E-state index contributed by atoms with van der Waals surface area (Å²) in [7, 11) is 1.56. The first-order valence-electron chi connectivity index (χ1n) is 10.3. The minimum absolute atomic E-state index is 0.249. The molecule has 1 amide bonds. The van der Waals surface area contributed by atoms with Gasteiger partial charge in [0, 0.05) is 36.6 Å². The first kappa shape index (κ1) is 18.2. The van der Waals surface area contributed by atoms with Crippen molar-refractivity contribution in [3.63, 3.8) is 0 Å². The lowest BCUT2D eigenvalue weighted by Crippen LogP contribution is -2.42. The predicted octanol–water partition coefficient (Wildman–Crippen LogP) is 1.72. The molecule has 7 nitrogen and oxygen atoms in total. The van der Waals surface area contributed by atoms with Crippen LogP contribution in [-0.2, 0) is 24.3 Å². The molecule has 4 heterocycles. The van der Waals surface area contributed by atoms with Crippen molar-refractivity contribution in [3.8, 4) is 6.01 Å². The summed E-state index contributed by atoms with van der Waals surface area (Å²) in [6, 6.07) is 4.75. The Kier molecular flexibility index (Phi) is 4.75. The molecule has 0 bridgehead atoms. The van der Waals surface area contributed by atoms with E-state index in [4.69, 9.17) is 9.73 Å². The van der Waals surface area contributed by atoms with Crippen molar-refractivity contribution in [2.24, 2.45) is 10.9 Å². The summed E-state index contributed by atoms with van der Waals surface area (Å²) >= 11 is 0. The second kappa shape index (κ2) is 7.55. The van der Waals surface area contributed by atoms with Gasteiger partial charge in [-0.05, 0) is 54.6 Å². The molecule has 1 aromatic carbocycles. The number of methoxy groups -OCH3 is 1. The van der Waals surface area contributed by atoms with Crippen LogP contribution >= 0.6 is 0 Å². The van der Waals surface area contributed by atoms with Crippen molar-refractivity contribution in [2.75, 3.05) is 26.7 Å². The summed E-state index contributed by atoms with van der Waals surface area (Å²) in [6.45, 7) is 4.31. The van der Waals surface area contributed by atoms with E-state index >= 15 is 0 Å². The topological polar surface area (TPSA) is 79.7 Å². The number of hydrogen-bond donors (Lipinski definition) is 1. The number of nitrogens with one attached hydrogen (secondary N) is 1. The second-order valence-corrected chi connectivity index (χ2v) is 8.05. The summed E-state index contributed by atoms with van der Waals surface area (Å²) in [6.07, 6.45) is 6.30. The molecule has 1 saturated heterocycles. The highest BCUT2D eigenvalue weighted by Crippen LogP contribution is 2.30. The molecule has 29 heavy (non-hydrogen) atoms. The number of carbonyl (C=O) groups excluding carboxylic acids is 1.